The van der Waals surface area contributed by atoms with Crippen molar-refractivity contribution >= 4 is 0 Å². The minimum absolute atomic E-state index is 0.320. The van der Waals surface area contributed by atoms with E-state index >= 15 is 0 Å². The summed E-state index contributed by atoms with van der Waals surface area (Å²) in [6.07, 6.45) is 1.75. The van der Waals surface area contributed by atoms with Crippen molar-refractivity contribution in [1.29, 1.82) is 0 Å². The van der Waals surface area contributed by atoms with Crippen molar-refractivity contribution in [2.24, 2.45) is 5.92 Å². The quantitative estimate of drug-likeness (QED) is 0.831. The maximum Gasteiger partial charge on any atom is 0.233 e. The molecule has 0 aromatic carbocycles. The Balaban J connectivity index is 2.06. The van der Waals surface area contributed by atoms with Crippen molar-refractivity contribution in [2.75, 3.05) is 14.2 Å². The van der Waals surface area contributed by atoms with E-state index in [0.717, 1.165) is 6.42 Å². The van der Waals surface area contributed by atoms with Crippen molar-refractivity contribution in [3.05, 3.63) is 18.0 Å². The van der Waals surface area contributed by atoms with E-state index in [1.165, 1.54) is 0 Å². The van der Waals surface area contributed by atoms with Crippen LogP contribution in [0.15, 0.2) is 16.7 Å². The number of nitrogens with zero attached hydrogens (tertiary/aromatic N) is 4. The van der Waals surface area contributed by atoms with Crippen molar-refractivity contribution in [3.8, 4) is 17.4 Å². The fraction of sp³-hybridized carbons (Fsp3) is 0.571. The van der Waals surface area contributed by atoms with Crippen molar-refractivity contribution in [1.82, 2.24) is 25.7 Å². The molecule has 0 radical (unpaired) electrons. The number of nitrogens with one attached hydrogen (secondary N) is 1. The summed E-state index contributed by atoms with van der Waals surface area (Å²) < 4.78 is 10.3. The fourth-order valence-corrected chi connectivity index (χ4v) is 2.07. The van der Waals surface area contributed by atoms with Gasteiger partial charge in [-0.25, -0.2) is 0 Å². The summed E-state index contributed by atoms with van der Waals surface area (Å²) in [7, 11) is 3.49. The van der Waals surface area contributed by atoms with Crippen LogP contribution in [0.5, 0.6) is 5.88 Å². The van der Waals surface area contributed by atoms with E-state index in [0.29, 0.717) is 41.7 Å². The first-order chi connectivity index (χ1) is 10.1. The maximum absolute atomic E-state index is 5.29. The van der Waals surface area contributed by atoms with Crippen LogP contribution in [0.2, 0.25) is 0 Å². The van der Waals surface area contributed by atoms with Crippen molar-refractivity contribution in [2.45, 2.75) is 32.7 Å². The van der Waals surface area contributed by atoms with E-state index in [1.807, 2.05) is 7.05 Å². The number of hydrogen-bond donors (Lipinski definition) is 1. The van der Waals surface area contributed by atoms with E-state index < -0.39 is 0 Å². The molecule has 0 aliphatic heterocycles. The standard InChI is InChI=1S/C14H21N5O2/c1-9(2)7-10(15-3)8-13-16-14(19-21-13)11-5-6-12(20-4)18-17-11/h5-6,9-10,15H,7-8H2,1-4H3. The molecule has 0 amide bonds. The third-order valence-electron chi connectivity index (χ3n) is 3.13. The second-order valence-corrected chi connectivity index (χ2v) is 5.29. The third kappa shape index (κ3) is 4.22. The zero-order valence-corrected chi connectivity index (χ0v) is 12.8. The van der Waals surface area contributed by atoms with E-state index in [2.05, 4.69) is 39.5 Å². The predicted molar refractivity (Wildman–Crippen MR) is 77.9 cm³/mol. The highest BCUT2D eigenvalue weighted by Crippen LogP contribution is 2.16. The second-order valence-electron chi connectivity index (χ2n) is 5.29. The first-order valence-corrected chi connectivity index (χ1v) is 7.00. The van der Waals surface area contributed by atoms with Crippen molar-refractivity contribution in [3.63, 3.8) is 0 Å². The molecule has 21 heavy (non-hydrogen) atoms. The molecule has 2 rings (SSSR count). The van der Waals surface area contributed by atoms with E-state index in [-0.39, 0.29) is 0 Å². The smallest absolute Gasteiger partial charge is 0.233 e. The van der Waals surface area contributed by atoms with Crippen LogP contribution in [0.3, 0.4) is 0 Å². The number of aromatic nitrogens is 4. The lowest BCUT2D eigenvalue weighted by Crippen LogP contribution is -2.29. The van der Waals surface area contributed by atoms with Gasteiger partial charge < -0.3 is 14.6 Å². The summed E-state index contributed by atoms with van der Waals surface area (Å²) in [5.41, 5.74) is 0.565. The lowest BCUT2D eigenvalue weighted by Gasteiger charge is -2.15. The normalized spacial score (nSPS) is 12.6. The van der Waals surface area contributed by atoms with E-state index in [1.54, 1.807) is 19.2 Å². The number of methoxy groups -OCH3 is 1. The first kappa shape index (κ1) is 15.4. The minimum atomic E-state index is 0.320. The summed E-state index contributed by atoms with van der Waals surface area (Å²) in [6.45, 7) is 4.38. The summed E-state index contributed by atoms with van der Waals surface area (Å²) in [5, 5.41) is 15.1. The van der Waals surface area contributed by atoms with Gasteiger partial charge in [0, 0.05) is 18.5 Å². The molecule has 0 aliphatic rings. The molecule has 2 heterocycles. The van der Waals surface area contributed by atoms with Gasteiger partial charge in [-0.1, -0.05) is 19.0 Å². The van der Waals surface area contributed by atoms with Gasteiger partial charge in [-0.3, -0.25) is 0 Å². The lowest BCUT2D eigenvalue weighted by molar-refractivity contribution is 0.345. The van der Waals surface area contributed by atoms with Crippen LogP contribution in [0.25, 0.3) is 11.5 Å². The van der Waals surface area contributed by atoms with Gasteiger partial charge in [0.1, 0.15) is 5.69 Å². The van der Waals surface area contributed by atoms with Crippen LogP contribution in [-0.2, 0) is 6.42 Å². The molecule has 1 unspecified atom stereocenters. The van der Waals surface area contributed by atoms with Crippen LogP contribution in [-0.4, -0.2) is 40.5 Å². The molecule has 2 aromatic heterocycles. The van der Waals surface area contributed by atoms with E-state index in [4.69, 9.17) is 9.26 Å². The Labute approximate surface area is 124 Å². The number of likely N-dealkylation sites (N-methyl/N-ethyl adjacent to an activating group) is 1. The largest absolute Gasteiger partial charge is 0.480 e. The molecule has 114 valence electrons. The van der Waals surface area contributed by atoms with Gasteiger partial charge in [0.25, 0.3) is 0 Å². The van der Waals surface area contributed by atoms with Crippen LogP contribution in [0.4, 0.5) is 0 Å². The van der Waals surface area contributed by atoms with Gasteiger partial charge in [0.15, 0.2) is 0 Å². The predicted octanol–water partition coefficient (Wildman–Crippen LogP) is 1.71. The Morgan fingerprint density at radius 2 is 2.10 bits per heavy atom. The molecule has 7 nitrogen and oxygen atoms in total. The van der Waals surface area contributed by atoms with Crippen LogP contribution in [0.1, 0.15) is 26.2 Å². The average Bonchev–Trinajstić information content (AvgIpc) is 2.94. The van der Waals surface area contributed by atoms with Gasteiger partial charge in [-0.05, 0) is 25.5 Å². The fourth-order valence-electron chi connectivity index (χ4n) is 2.07. The summed E-state index contributed by atoms with van der Waals surface area (Å²) >= 11 is 0. The molecule has 0 bridgehead atoms. The molecule has 0 fully saturated rings. The number of ether oxygens (including phenoxy) is 1. The molecule has 7 heteroatoms. The lowest BCUT2D eigenvalue weighted by atomic mass is 10.0. The Morgan fingerprint density at radius 1 is 1.29 bits per heavy atom. The van der Waals surface area contributed by atoms with Gasteiger partial charge in [-0.15, -0.1) is 10.2 Å². The Bertz CT molecular complexity index is 553. The third-order valence-corrected chi connectivity index (χ3v) is 3.13. The van der Waals surface area contributed by atoms with Gasteiger partial charge in [0.2, 0.25) is 17.6 Å². The number of rotatable bonds is 7. The van der Waals surface area contributed by atoms with Crippen LogP contribution in [0, 0.1) is 5.92 Å². The molecular formula is C14H21N5O2. The zero-order chi connectivity index (χ0) is 15.2. The zero-order valence-electron chi connectivity index (χ0n) is 12.8. The van der Waals surface area contributed by atoms with Crippen LogP contribution < -0.4 is 10.1 Å². The second kappa shape index (κ2) is 7.12. The summed E-state index contributed by atoms with van der Waals surface area (Å²) in [6, 6.07) is 3.79. The van der Waals surface area contributed by atoms with Gasteiger partial charge in [0.05, 0.1) is 7.11 Å². The molecule has 1 atom stereocenters. The molecular weight excluding hydrogens is 270 g/mol. The van der Waals surface area contributed by atoms with E-state index in [9.17, 15) is 0 Å². The Morgan fingerprint density at radius 3 is 2.67 bits per heavy atom. The monoisotopic (exact) mass is 291 g/mol. The SMILES string of the molecule is CNC(Cc1nc(-c2ccc(OC)nn2)no1)CC(C)C. The summed E-state index contributed by atoms with van der Waals surface area (Å²) in [4.78, 5) is 4.37. The Kier molecular flexibility index (Phi) is 5.21. The molecule has 2 aromatic rings. The van der Waals surface area contributed by atoms with Crippen LogP contribution >= 0.6 is 0 Å². The minimum Gasteiger partial charge on any atom is -0.480 e. The highest BCUT2D eigenvalue weighted by atomic mass is 16.5. The topological polar surface area (TPSA) is 86.0 Å². The van der Waals surface area contributed by atoms with Gasteiger partial charge >= 0.3 is 0 Å². The van der Waals surface area contributed by atoms with Crippen molar-refractivity contribution < 1.29 is 9.26 Å². The molecule has 0 saturated heterocycles. The maximum atomic E-state index is 5.29. The highest BCUT2D eigenvalue weighted by molar-refractivity contribution is 5.47. The van der Waals surface area contributed by atoms with Gasteiger partial charge in [-0.2, -0.15) is 4.98 Å². The Hall–Kier alpha value is -2.02. The number of hydrogen-bond acceptors (Lipinski definition) is 7. The molecule has 1 N–H and O–H groups in total. The average molecular weight is 291 g/mol. The molecule has 0 aliphatic carbocycles. The first-order valence-electron chi connectivity index (χ1n) is 7.00. The summed E-state index contributed by atoms with van der Waals surface area (Å²) in [5.74, 6) is 2.11. The highest BCUT2D eigenvalue weighted by Gasteiger charge is 2.16. The molecule has 0 saturated carbocycles. The molecule has 0 spiro atoms.